The van der Waals surface area contributed by atoms with E-state index >= 15 is 0 Å². The van der Waals surface area contributed by atoms with Crippen LogP contribution in [0.4, 0.5) is 105 Å². The SMILES string of the molecule is C[S+](C)(=O)Oc1ccc2ccccc2c1.FC(F)(F)c1cc([B-](c2cc(C(F)(F)F)cc(C(F)(F)F)c2)(c2cc(C(F)(F)F)cc(C(F)(F)F)c2)c2cc(C(F)(F)F)cc(C(F)(F)F)c2)cc(C(F)(F)F)c1. The van der Waals surface area contributed by atoms with Gasteiger partial charge in [-0.25, -0.2) is 0 Å². The molecule has 0 heterocycles. The first kappa shape index (κ1) is 56.8. The number of hydrogen-bond donors (Lipinski definition) is 0. The van der Waals surface area contributed by atoms with Crippen molar-refractivity contribution in [2.75, 3.05) is 12.5 Å². The Morgan fingerprint density at radius 1 is 0.319 bits per heavy atom. The van der Waals surface area contributed by atoms with E-state index in [1.807, 2.05) is 42.5 Å². The van der Waals surface area contributed by atoms with Crippen LogP contribution in [-0.4, -0.2) is 18.7 Å². The van der Waals surface area contributed by atoms with Crippen molar-refractivity contribution in [1.29, 1.82) is 0 Å². The maximum Gasteiger partial charge on any atom is 0.416 e. The minimum Gasteiger partial charge on any atom is -0.287 e. The van der Waals surface area contributed by atoms with Crippen LogP contribution in [0.25, 0.3) is 10.8 Å². The third-order valence-corrected chi connectivity index (χ3v) is 11.1. The summed E-state index contributed by atoms with van der Waals surface area (Å²) < 4.78 is 358. The van der Waals surface area contributed by atoms with Crippen LogP contribution in [0.15, 0.2) is 115 Å². The average molecular weight is 1080 g/mol. The Balaban J connectivity index is 0.000000542. The minimum atomic E-state index is -6.13. The molecule has 0 fully saturated rings. The fourth-order valence-corrected chi connectivity index (χ4v) is 8.09. The third-order valence-electron chi connectivity index (χ3n) is 10.5. The Kier molecular flexibility index (Phi) is 14.8. The minimum absolute atomic E-state index is 0.656. The van der Waals surface area contributed by atoms with Crippen molar-refractivity contribution >= 4 is 49.0 Å². The second-order valence-electron chi connectivity index (χ2n) is 16.0. The molecule has 0 saturated heterocycles. The molecule has 6 aromatic carbocycles. The van der Waals surface area contributed by atoms with Crippen molar-refractivity contribution in [1.82, 2.24) is 0 Å². The zero-order valence-electron chi connectivity index (χ0n) is 35.3. The summed E-state index contributed by atoms with van der Waals surface area (Å²) in [7, 11) is -2.20. The lowest BCUT2D eigenvalue weighted by Gasteiger charge is -2.46. The third kappa shape index (κ3) is 13.1. The van der Waals surface area contributed by atoms with Gasteiger partial charge >= 0.3 is 49.4 Å². The fraction of sp³-hybridized carbons (Fsp3) is 0.227. The molecule has 6 rings (SSSR count). The normalized spacial score (nSPS) is 13.8. The van der Waals surface area contributed by atoms with Crippen LogP contribution in [0.1, 0.15) is 44.5 Å². The van der Waals surface area contributed by atoms with E-state index in [0.29, 0.717) is 5.75 Å². The van der Waals surface area contributed by atoms with Crippen molar-refractivity contribution in [3.05, 3.63) is 160 Å². The molecule has 0 unspecified atom stereocenters. The van der Waals surface area contributed by atoms with Gasteiger partial charge in [-0.2, -0.15) is 127 Å². The van der Waals surface area contributed by atoms with E-state index in [0.717, 1.165) is 10.8 Å². The molecular formula is C44H25BF24O2S. The molecule has 0 atom stereocenters. The molecule has 390 valence electrons. The smallest absolute Gasteiger partial charge is 0.287 e. The van der Waals surface area contributed by atoms with Gasteiger partial charge in [0.15, 0.2) is 5.75 Å². The van der Waals surface area contributed by atoms with Crippen molar-refractivity contribution in [2.24, 2.45) is 0 Å². The Morgan fingerprint density at radius 2 is 0.542 bits per heavy atom. The summed E-state index contributed by atoms with van der Waals surface area (Å²) in [6.45, 7) is 0. The summed E-state index contributed by atoms with van der Waals surface area (Å²) >= 11 is 0. The van der Waals surface area contributed by atoms with Gasteiger partial charge in [-0.15, -0.1) is 0 Å². The summed E-state index contributed by atoms with van der Waals surface area (Å²) in [6.07, 6.45) is -51.6. The van der Waals surface area contributed by atoms with Crippen LogP contribution in [-0.2, 0) is 63.8 Å². The van der Waals surface area contributed by atoms with Gasteiger partial charge in [0.05, 0.1) is 44.5 Å². The van der Waals surface area contributed by atoms with Gasteiger partial charge in [0.1, 0.15) is 18.7 Å². The zero-order chi connectivity index (χ0) is 54.8. The average Bonchev–Trinajstić information content (AvgIpc) is 3.21. The van der Waals surface area contributed by atoms with E-state index in [1.165, 1.54) is 0 Å². The molecule has 0 N–H and O–H groups in total. The molecule has 28 heteroatoms. The summed E-state index contributed by atoms with van der Waals surface area (Å²) in [5, 5.41) is 2.25. The molecule has 0 amide bonds. The van der Waals surface area contributed by atoms with Gasteiger partial charge in [-0.05, 0) is 47.2 Å². The first-order valence-corrected chi connectivity index (χ1v) is 21.6. The van der Waals surface area contributed by atoms with E-state index in [-0.39, 0.29) is 0 Å². The second-order valence-corrected chi connectivity index (χ2v) is 18.4. The molecule has 72 heavy (non-hydrogen) atoms. The van der Waals surface area contributed by atoms with Crippen LogP contribution < -0.4 is 26.0 Å². The number of benzene rings is 6. The highest BCUT2D eigenvalue weighted by atomic mass is 32.3. The maximum atomic E-state index is 14.2. The first-order chi connectivity index (χ1) is 32.3. The molecule has 0 saturated carbocycles. The number of hydrogen-bond acceptors (Lipinski definition) is 2. The molecule has 0 bridgehead atoms. The second kappa shape index (κ2) is 18.8. The topological polar surface area (TPSA) is 26.3 Å². The van der Waals surface area contributed by atoms with E-state index in [9.17, 15) is 110 Å². The molecule has 0 aromatic heterocycles. The van der Waals surface area contributed by atoms with Gasteiger partial charge in [0.2, 0.25) is 0 Å². The Bertz CT molecular complexity index is 2570. The quantitative estimate of drug-likeness (QED) is 0.0944. The van der Waals surface area contributed by atoms with Crippen molar-refractivity contribution in [3.8, 4) is 5.75 Å². The van der Waals surface area contributed by atoms with Gasteiger partial charge in [-0.1, -0.05) is 83.1 Å². The van der Waals surface area contributed by atoms with Crippen molar-refractivity contribution in [2.45, 2.75) is 49.4 Å². The molecule has 0 radical (unpaired) electrons. The first-order valence-electron chi connectivity index (χ1n) is 19.3. The highest BCUT2D eigenvalue weighted by Gasteiger charge is 2.47. The lowest BCUT2D eigenvalue weighted by atomic mass is 9.12. The molecule has 2 nitrogen and oxygen atoms in total. The molecule has 0 spiro atoms. The lowest BCUT2D eigenvalue weighted by molar-refractivity contribution is -0.144. The van der Waals surface area contributed by atoms with E-state index in [2.05, 4.69) is 0 Å². The van der Waals surface area contributed by atoms with E-state index in [4.69, 9.17) is 4.18 Å². The highest BCUT2D eigenvalue weighted by molar-refractivity contribution is 7.97. The predicted octanol–water partition coefficient (Wildman–Crippen LogP) is 14.1. The monoisotopic (exact) mass is 1080 g/mol. The maximum absolute atomic E-state index is 14.2. The largest absolute Gasteiger partial charge is 0.416 e. The number of rotatable bonds is 6. The van der Waals surface area contributed by atoms with E-state index in [1.54, 1.807) is 12.5 Å². The standard InChI is InChI=1S/C32H12BF24.C12H13O2S/c34-25(35,36)13-1-14(26(37,38)39)6-21(5-13)33(22-7-15(27(40,41)42)2-16(8-22)28(43,44)45,23-9-17(29(46,47)48)3-18(10-23)30(49,50)51)24-11-19(31(52,53)54)4-20(12-24)32(55,56)57;1-15(2,13)14-12-8-7-10-5-3-4-6-11(10)9-12/h1-12H;3-9H,1-2H3/q-1;+1. The van der Waals surface area contributed by atoms with Crippen molar-refractivity contribution in [3.63, 3.8) is 0 Å². The van der Waals surface area contributed by atoms with Gasteiger partial charge < -0.3 is 0 Å². The summed E-state index contributed by atoms with van der Waals surface area (Å²) in [6, 6.07) is 4.92. The van der Waals surface area contributed by atoms with Crippen LogP contribution in [0, 0.1) is 0 Å². The number of alkyl halides is 24. The van der Waals surface area contributed by atoms with Crippen LogP contribution in [0.2, 0.25) is 0 Å². The van der Waals surface area contributed by atoms with Crippen LogP contribution >= 0.6 is 0 Å². The summed E-state index contributed by atoms with van der Waals surface area (Å²) in [5.74, 6) is 0.656. The number of halogens is 24. The van der Waals surface area contributed by atoms with Crippen molar-refractivity contribution < 1.29 is 114 Å². The van der Waals surface area contributed by atoms with Gasteiger partial charge in [0.25, 0.3) is 10.2 Å². The highest BCUT2D eigenvalue weighted by Crippen LogP contribution is 2.41. The fourth-order valence-electron chi connectivity index (χ4n) is 7.52. The van der Waals surface area contributed by atoms with Gasteiger partial charge in [0, 0.05) is 0 Å². The Labute approximate surface area is 389 Å². The lowest BCUT2D eigenvalue weighted by Crippen LogP contribution is -2.75. The predicted molar refractivity (Wildman–Crippen MR) is 215 cm³/mol. The molecule has 0 aliphatic rings. The zero-order valence-corrected chi connectivity index (χ0v) is 36.2. The molecule has 0 aliphatic heterocycles. The summed E-state index contributed by atoms with van der Waals surface area (Å²) in [5.41, 5.74) is -30.2. The molecular weight excluding hydrogens is 1060 g/mol. The van der Waals surface area contributed by atoms with Gasteiger partial charge in [-0.3, -0.25) is 4.18 Å². The molecule has 0 aliphatic carbocycles. The molecule has 6 aromatic rings. The Hall–Kier alpha value is -6.09. The van der Waals surface area contributed by atoms with Crippen LogP contribution in [0.3, 0.4) is 0 Å². The van der Waals surface area contributed by atoms with E-state index < -0.39 is 205 Å². The van der Waals surface area contributed by atoms with Crippen LogP contribution in [0.5, 0.6) is 5.75 Å². The number of fused-ring (bicyclic) bond motifs is 1. The summed E-state index contributed by atoms with van der Waals surface area (Å²) in [4.78, 5) is 0. The Morgan fingerprint density at radius 3 is 0.750 bits per heavy atom.